The lowest BCUT2D eigenvalue weighted by atomic mass is 9.41. The number of carboxylic acid groups (broad SMARTS) is 1. The summed E-state index contributed by atoms with van der Waals surface area (Å²) in [5.74, 6) is 8.39. The summed E-state index contributed by atoms with van der Waals surface area (Å²) < 4.78 is 12.6. The quantitative estimate of drug-likeness (QED) is 0.210. The van der Waals surface area contributed by atoms with Gasteiger partial charge in [-0.15, -0.1) is 0 Å². The molecular weight excluding hydrogens is 809 g/mol. The van der Waals surface area contributed by atoms with Crippen LogP contribution >= 0.6 is 0 Å². The molecular formula is C58H102O7. The van der Waals surface area contributed by atoms with Crippen molar-refractivity contribution in [3.05, 3.63) is 0 Å². The maximum atomic E-state index is 12.3. The normalized spacial score (nSPS) is 48.0. The van der Waals surface area contributed by atoms with Crippen LogP contribution in [0.3, 0.4) is 0 Å². The van der Waals surface area contributed by atoms with E-state index in [2.05, 4.69) is 69.2 Å². The zero-order valence-corrected chi connectivity index (χ0v) is 42.3. The van der Waals surface area contributed by atoms with Crippen LogP contribution in [0.15, 0.2) is 0 Å². The van der Waals surface area contributed by atoms with E-state index in [4.69, 9.17) is 9.47 Å². The van der Waals surface area contributed by atoms with Crippen molar-refractivity contribution in [2.75, 3.05) is 6.61 Å². The molecule has 8 aliphatic rings. The van der Waals surface area contributed by atoms with Crippen molar-refractivity contribution in [2.45, 2.75) is 226 Å². The van der Waals surface area contributed by atoms with Crippen molar-refractivity contribution in [2.24, 2.45) is 116 Å². The van der Waals surface area contributed by atoms with Gasteiger partial charge in [-0.1, -0.05) is 96.9 Å². The lowest BCUT2D eigenvalue weighted by molar-refractivity contribution is -0.214. The van der Waals surface area contributed by atoms with E-state index >= 15 is 0 Å². The predicted octanol–water partition coefficient (Wildman–Crippen LogP) is 14.3. The molecule has 65 heavy (non-hydrogen) atoms. The second-order valence-corrected chi connectivity index (χ2v) is 25.4. The molecule has 0 heterocycles. The summed E-state index contributed by atoms with van der Waals surface area (Å²) in [5.41, 5.74) is 1.25. The van der Waals surface area contributed by atoms with Crippen LogP contribution in [0, 0.1) is 116 Å². The Morgan fingerprint density at radius 3 is 1.29 bits per heavy atom. The third-order valence-corrected chi connectivity index (χ3v) is 22.5. The van der Waals surface area contributed by atoms with Crippen LogP contribution in [0.5, 0.6) is 0 Å². The number of fused-ring (bicyclic) bond motifs is 10. The Morgan fingerprint density at radius 2 is 0.938 bits per heavy atom. The van der Waals surface area contributed by atoms with Crippen molar-refractivity contribution in [1.29, 1.82) is 0 Å². The molecule has 0 amide bonds. The van der Waals surface area contributed by atoms with Gasteiger partial charge in [-0.05, 0) is 201 Å². The van der Waals surface area contributed by atoms with Gasteiger partial charge in [-0.3, -0.25) is 14.4 Å². The Morgan fingerprint density at radius 1 is 0.569 bits per heavy atom. The molecule has 8 saturated carbocycles. The largest absolute Gasteiger partial charge is 0.481 e. The fourth-order valence-corrected chi connectivity index (χ4v) is 19.8. The van der Waals surface area contributed by atoms with Crippen LogP contribution in [-0.4, -0.2) is 46.9 Å². The number of carboxylic acids is 1. The molecule has 6 unspecified atom stereocenters. The third kappa shape index (κ3) is 9.42. The molecule has 8 fully saturated rings. The minimum atomic E-state index is -0.675. The van der Waals surface area contributed by atoms with Crippen LogP contribution in [0.25, 0.3) is 0 Å². The molecule has 8 aliphatic carbocycles. The van der Waals surface area contributed by atoms with Crippen LogP contribution in [0.1, 0.15) is 214 Å². The van der Waals surface area contributed by atoms with E-state index in [9.17, 15) is 24.6 Å². The van der Waals surface area contributed by atoms with Crippen LogP contribution < -0.4 is 0 Å². The SMILES string of the molecule is C.C.CC[C@H]1[C@@H](OC(C)=O)C2C3CC[C@H]([C@H](C)CC(=O)O)[C@@]3(C)CCC2[C@@]2(C)CC[C@@H](C)C[C@@H]12.CC[C@H]1[C@@H](OC(C)=O)C2C3CC[C@H]([C@H](C)CCO)[C@@]3(C)CCC2[C@@]2(C)CC[C@@H](C)C[C@@H]12. The topological polar surface area (TPSA) is 110 Å². The second-order valence-electron chi connectivity index (χ2n) is 25.4. The molecule has 0 aromatic rings. The summed E-state index contributed by atoms with van der Waals surface area (Å²) in [7, 11) is 0. The number of hydrogen-bond donors (Lipinski definition) is 2. The molecule has 0 saturated heterocycles. The number of rotatable bonds is 10. The van der Waals surface area contributed by atoms with Crippen molar-refractivity contribution >= 4 is 17.9 Å². The summed E-state index contributed by atoms with van der Waals surface area (Å²) in [6, 6.07) is 0. The highest BCUT2D eigenvalue weighted by Crippen LogP contribution is 2.72. The molecule has 8 rings (SSSR count). The van der Waals surface area contributed by atoms with Gasteiger partial charge >= 0.3 is 17.9 Å². The molecule has 0 aliphatic heterocycles. The fourth-order valence-electron chi connectivity index (χ4n) is 19.8. The van der Waals surface area contributed by atoms with Gasteiger partial charge in [0.1, 0.15) is 12.2 Å². The zero-order chi connectivity index (χ0) is 46.0. The Labute approximate surface area is 399 Å². The van der Waals surface area contributed by atoms with Crippen LogP contribution in [0.2, 0.25) is 0 Å². The van der Waals surface area contributed by atoms with Gasteiger partial charge < -0.3 is 19.7 Å². The summed E-state index contributed by atoms with van der Waals surface area (Å²) in [6.45, 7) is 27.7. The molecule has 2 N–H and O–H groups in total. The Kier molecular flexibility index (Phi) is 17.3. The molecule has 0 spiro atoms. The first-order valence-corrected chi connectivity index (χ1v) is 26.9. The second kappa shape index (κ2) is 20.8. The number of carbonyl (C=O) groups is 3. The number of hydrogen-bond acceptors (Lipinski definition) is 6. The number of aliphatic hydroxyl groups is 1. The highest BCUT2D eigenvalue weighted by Gasteiger charge is 2.67. The molecule has 0 radical (unpaired) electrons. The average Bonchev–Trinajstić information content (AvgIpc) is 3.76. The molecule has 7 heteroatoms. The Bertz CT molecular complexity index is 1630. The maximum absolute atomic E-state index is 12.3. The van der Waals surface area contributed by atoms with Gasteiger partial charge in [0.2, 0.25) is 0 Å². The first-order valence-electron chi connectivity index (χ1n) is 26.9. The standard InChI is InChI=1S/C28H46O4.C28H48O3.2CH4/c1-7-19-23-14-16(2)10-12-28(23,6)22-11-13-27(5)20(17(3)15-24(30)31)8-9-21(27)25(22)26(19)32-18(4)29;1-7-20-24-16-17(2)10-13-28(24,6)23-11-14-27(5)21(18(3)12-15-29)8-9-22(27)25(23)26(20)31-19(4)30;;/h16-17,19-23,25-26H,7-15H2,1-6H3,(H,30,31);17-18,20-26,29H,7-16H2,1-6H3;2*1H4/t16-,17-,19-,20-,21?,22?,23+,25?,26-,27-,28-;17-,18-,20-,21-,22?,23?,24+,25?,26-,27-,28-;;/m11../s1. The van der Waals surface area contributed by atoms with Crippen molar-refractivity contribution in [1.82, 2.24) is 0 Å². The Hall–Kier alpha value is -1.63. The van der Waals surface area contributed by atoms with E-state index in [1.807, 2.05) is 0 Å². The maximum Gasteiger partial charge on any atom is 0.303 e. The van der Waals surface area contributed by atoms with Crippen LogP contribution in [0.4, 0.5) is 0 Å². The van der Waals surface area contributed by atoms with E-state index in [0.29, 0.717) is 99.8 Å². The molecule has 0 aromatic heterocycles. The van der Waals surface area contributed by atoms with Crippen molar-refractivity contribution < 1.29 is 34.1 Å². The van der Waals surface area contributed by atoms with Gasteiger partial charge in [0.05, 0.1) is 0 Å². The fraction of sp³-hybridized carbons (Fsp3) is 0.948. The lowest BCUT2D eigenvalue weighted by Crippen LogP contribution is -2.62. The highest BCUT2D eigenvalue weighted by molar-refractivity contribution is 5.67. The summed E-state index contributed by atoms with van der Waals surface area (Å²) in [4.78, 5) is 36.1. The van der Waals surface area contributed by atoms with Gasteiger partial charge in [0, 0.05) is 38.7 Å². The smallest absolute Gasteiger partial charge is 0.303 e. The average molecular weight is 911 g/mol. The lowest BCUT2D eigenvalue weighted by Gasteiger charge is -2.65. The van der Waals surface area contributed by atoms with E-state index in [1.54, 1.807) is 13.8 Å². The first kappa shape index (κ1) is 54.3. The van der Waals surface area contributed by atoms with E-state index in [0.717, 1.165) is 43.9 Å². The van der Waals surface area contributed by atoms with Gasteiger partial charge in [0.25, 0.3) is 0 Å². The number of aliphatic carboxylic acids is 1. The number of ether oxygens (including phenoxy) is 2. The number of carbonyl (C=O) groups excluding carboxylic acids is 2. The third-order valence-electron chi connectivity index (χ3n) is 22.5. The number of esters is 2. The molecule has 7 nitrogen and oxygen atoms in total. The Balaban J connectivity index is 0.000000237. The summed E-state index contributed by atoms with van der Waals surface area (Å²) >= 11 is 0. The van der Waals surface area contributed by atoms with Gasteiger partial charge in [0.15, 0.2) is 0 Å². The first-order chi connectivity index (χ1) is 29.7. The minimum absolute atomic E-state index is 0. The van der Waals surface area contributed by atoms with Gasteiger partial charge in [-0.25, -0.2) is 0 Å². The monoisotopic (exact) mass is 911 g/mol. The minimum Gasteiger partial charge on any atom is -0.481 e. The van der Waals surface area contributed by atoms with Crippen molar-refractivity contribution in [3.63, 3.8) is 0 Å². The van der Waals surface area contributed by atoms with Crippen LogP contribution in [-0.2, 0) is 23.9 Å². The van der Waals surface area contributed by atoms with Gasteiger partial charge in [-0.2, -0.15) is 0 Å². The van der Waals surface area contributed by atoms with E-state index in [1.165, 1.54) is 77.0 Å². The zero-order valence-electron chi connectivity index (χ0n) is 42.3. The summed E-state index contributed by atoms with van der Waals surface area (Å²) in [6.07, 6.45) is 21.4. The van der Waals surface area contributed by atoms with Crippen molar-refractivity contribution in [3.8, 4) is 0 Å². The van der Waals surface area contributed by atoms with E-state index < -0.39 is 5.97 Å². The molecule has 22 atom stereocenters. The molecule has 0 aromatic carbocycles. The van der Waals surface area contributed by atoms with E-state index in [-0.39, 0.29) is 56.8 Å². The predicted molar refractivity (Wildman–Crippen MR) is 265 cm³/mol. The number of aliphatic hydroxyl groups excluding tert-OH is 1. The highest BCUT2D eigenvalue weighted by atomic mass is 16.5. The summed E-state index contributed by atoms with van der Waals surface area (Å²) in [5, 5.41) is 19.0. The molecule has 376 valence electrons. The molecule has 0 bridgehead atoms.